The predicted octanol–water partition coefficient (Wildman–Crippen LogP) is 3.04. The van der Waals surface area contributed by atoms with Gasteiger partial charge in [-0.05, 0) is 34.1 Å². The normalized spacial score (nSPS) is 10.6. The third-order valence-electron chi connectivity index (χ3n) is 2.87. The van der Waals surface area contributed by atoms with E-state index in [0.29, 0.717) is 16.5 Å². The highest BCUT2D eigenvalue weighted by Gasteiger charge is 2.16. The molecule has 0 amide bonds. The molecular formula is C14H8BrFN4O. The van der Waals surface area contributed by atoms with Gasteiger partial charge in [0.05, 0.1) is 17.4 Å². The quantitative estimate of drug-likeness (QED) is 0.540. The lowest BCUT2D eigenvalue weighted by molar-refractivity contribution is 0.112. The summed E-state index contributed by atoms with van der Waals surface area (Å²) >= 11 is 3.18. The van der Waals surface area contributed by atoms with Gasteiger partial charge >= 0.3 is 0 Å². The van der Waals surface area contributed by atoms with Crippen molar-refractivity contribution in [3.05, 3.63) is 59.0 Å². The third-order valence-corrected chi connectivity index (χ3v) is 3.31. The molecule has 0 saturated heterocycles. The molecule has 0 fully saturated rings. The molecule has 7 heteroatoms. The Balaban J connectivity index is 2.17. The van der Waals surface area contributed by atoms with Gasteiger partial charge in [0.2, 0.25) is 0 Å². The van der Waals surface area contributed by atoms with E-state index in [-0.39, 0.29) is 11.3 Å². The van der Waals surface area contributed by atoms with Crippen LogP contribution in [-0.4, -0.2) is 26.0 Å². The monoisotopic (exact) mass is 346 g/mol. The Labute approximate surface area is 127 Å². The summed E-state index contributed by atoms with van der Waals surface area (Å²) < 4.78 is 15.9. The van der Waals surface area contributed by atoms with Crippen molar-refractivity contribution in [3.63, 3.8) is 0 Å². The first-order chi connectivity index (χ1) is 10.2. The van der Waals surface area contributed by atoms with E-state index in [2.05, 4.69) is 31.0 Å². The van der Waals surface area contributed by atoms with E-state index in [0.717, 1.165) is 11.9 Å². The molecule has 3 aromatic rings. The van der Waals surface area contributed by atoms with Gasteiger partial charge < -0.3 is 0 Å². The third kappa shape index (κ3) is 2.59. The second-order valence-electron chi connectivity index (χ2n) is 4.19. The number of hydrogen-bond acceptors (Lipinski definition) is 4. The van der Waals surface area contributed by atoms with Gasteiger partial charge in [-0.25, -0.2) is 14.1 Å². The van der Waals surface area contributed by atoms with Crippen molar-refractivity contribution in [2.24, 2.45) is 0 Å². The molecule has 0 bridgehead atoms. The van der Waals surface area contributed by atoms with Crippen molar-refractivity contribution in [2.45, 2.75) is 0 Å². The molecule has 0 radical (unpaired) electrons. The van der Waals surface area contributed by atoms with Crippen LogP contribution in [0.15, 0.2) is 47.6 Å². The van der Waals surface area contributed by atoms with E-state index >= 15 is 0 Å². The predicted molar refractivity (Wildman–Crippen MR) is 77.6 cm³/mol. The summed E-state index contributed by atoms with van der Waals surface area (Å²) in [5.74, 6) is -0.540. The van der Waals surface area contributed by atoms with E-state index in [1.165, 1.54) is 10.7 Å². The van der Waals surface area contributed by atoms with E-state index in [1.807, 2.05) is 0 Å². The lowest BCUT2D eigenvalue weighted by Gasteiger charge is -2.01. The largest absolute Gasteiger partial charge is 0.298 e. The molecule has 3 rings (SSSR count). The zero-order chi connectivity index (χ0) is 14.8. The molecule has 0 aromatic carbocycles. The summed E-state index contributed by atoms with van der Waals surface area (Å²) in [5.41, 5.74) is 1.51. The van der Waals surface area contributed by atoms with Crippen molar-refractivity contribution in [1.29, 1.82) is 0 Å². The molecule has 3 heterocycles. The van der Waals surface area contributed by atoms with E-state index < -0.39 is 5.82 Å². The van der Waals surface area contributed by atoms with Crippen LogP contribution in [0.5, 0.6) is 0 Å². The first-order valence-electron chi connectivity index (χ1n) is 5.95. The lowest BCUT2D eigenvalue weighted by Crippen LogP contribution is -1.95. The first kappa shape index (κ1) is 13.6. The summed E-state index contributed by atoms with van der Waals surface area (Å²) in [5, 5.41) is 4.29. The van der Waals surface area contributed by atoms with Gasteiger partial charge in [0.1, 0.15) is 10.3 Å². The Hall–Kier alpha value is -2.41. The molecule has 3 aromatic heterocycles. The van der Waals surface area contributed by atoms with Crippen LogP contribution in [0.2, 0.25) is 0 Å². The summed E-state index contributed by atoms with van der Waals surface area (Å²) in [7, 11) is 0. The second-order valence-corrected chi connectivity index (χ2v) is 5.00. The maximum absolute atomic E-state index is 13.9. The highest BCUT2D eigenvalue weighted by atomic mass is 79.9. The van der Waals surface area contributed by atoms with Crippen LogP contribution in [0.25, 0.3) is 16.9 Å². The second kappa shape index (κ2) is 5.53. The minimum Gasteiger partial charge on any atom is -0.298 e. The van der Waals surface area contributed by atoms with E-state index in [9.17, 15) is 9.18 Å². The van der Waals surface area contributed by atoms with Gasteiger partial charge in [-0.2, -0.15) is 5.10 Å². The van der Waals surface area contributed by atoms with Crippen LogP contribution in [0.3, 0.4) is 0 Å². The number of rotatable bonds is 3. The minimum absolute atomic E-state index is 0.215. The van der Waals surface area contributed by atoms with Gasteiger partial charge in [-0.15, -0.1) is 0 Å². The molecule has 0 N–H and O–H groups in total. The van der Waals surface area contributed by atoms with Crippen molar-refractivity contribution < 1.29 is 9.18 Å². The van der Waals surface area contributed by atoms with Gasteiger partial charge in [0.15, 0.2) is 12.1 Å². The number of halogens is 2. The SMILES string of the molecule is O=Cc1cn(-c2ccncc2)nc1-c1cc(Br)ncc1F. The summed E-state index contributed by atoms with van der Waals surface area (Å²) in [6.45, 7) is 0. The van der Waals surface area contributed by atoms with Crippen LogP contribution >= 0.6 is 15.9 Å². The Kier molecular flexibility index (Phi) is 3.57. The Morgan fingerprint density at radius 3 is 2.76 bits per heavy atom. The van der Waals surface area contributed by atoms with Crippen LogP contribution in [0.1, 0.15) is 10.4 Å². The minimum atomic E-state index is -0.540. The standard InChI is InChI=1S/C14H8BrFN4O/c15-13-5-11(12(16)6-18-13)14-9(8-21)7-20(19-14)10-1-3-17-4-2-10/h1-8H. The average Bonchev–Trinajstić information content (AvgIpc) is 2.94. The van der Waals surface area contributed by atoms with Gasteiger partial charge in [-0.3, -0.25) is 9.78 Å². The van der Waals surface area contributed by atoms with Crippen molar-refractivity contribution in [3.8, 4) is 16.9 Å². The molecule has 0 atom stereocenters. The number of carbonyl (C=O) groups excluding carboxylic acids is 1. The zero-order valence-corrected chi connectivity index (χ0v) is 12.2. The number of carbonyl (C=O) groups is 1. The fourth-order valence-corrected chi connectivity index (χ4v) is 2.24. The fraction of sp³-hybridized carbons (Fsp3) is 0. The molecule has 0 aliphatic carbocycles. The van der Waals surface area contributed by atoms with Crippen molar-refractivity contribution in [2.75, 3.05) is 0 Å². The smallest absolute Gasteiger partial charge is 0.153 e. The molecule has 104 valence electrons. The first-order valence-corrected chi connectivity index (χ1v) is 6.75. The molecule has 0 spiro atoms. The zero-order valence-electron chi connectivity index (χ0n) is 10.6. The van der Waals surface area contributed by atoms with E-state index in [1.54, 1.807) is 30.7 Å². The molecule has 0 aliphatic heterocycles. The molecule has 21 heavy (non-hydrogen) atoms. The highest BCUT2D eigenvalue weighted by Crippen LogP contribution is 2.26. The summed E-state index contributed by atoms with van der Waals surface area (Å²) in [6, 6.07) is 4.97. The Bertz CT molecular complexity index is 804. The maximum atomic E-state index is 13.9. The Morgan fingerprint density at radius 2 is 2.05 bits per heavy atom. The topological polar surface area (TPSA) is 60.7 Å². The van der Waals surface area contributed by atoms with Crippen LogP contribution in [0, 0.1) is 5.82 Å². The van der Waals surface area contributed by atoms with Crippen LogP contribution in [0.4, 0.5) is 4.39 Å². The van der Waals surface area contributed by atoms with Crippen LogP contribution < -0.4 is 0 Å². The van der Waals surface area contributed by atoms with Crippen molar-refractivity contribution >= 4 is 22.2 Å². The van der Waals surface area contributed by atoms with Crippen LogP contribution in [-0.2, 0) is 0 Å². The fourth-order valence-electron chi connectivity index (χ4n) is 1.91. The van der Waals surface area contributed by atoms with Gasteiger partial charge in [0.25, 0.3) is 0 Å². The number of nitrogens with zero attached hydrogens (tertiary/aromatic N) is 4. The Morgan fingerprint density at radius 1 is 1.29 bits per heavy atom. The molecule has 0 aliphatic rings. The number of aldehydes is 1. The average molecular weight is 347 g/mol. The van der Waals surface area contributed by atoms with E-state index in [4.69, 9.17) is 0 Å². The number of pyridine rings is 2. The molecule has 0 unspecified atom stereocenters. The summed E-state index contributed by atoms with van der Waals surface area (Å²) in [4.78, 5) is 18.9. The van der Waals surface area contributed by atoms with Crippen molar-refractivity contribution in [1.82, 2.24) is 19.7 Å². The highest BCUT2D eigenvalue weighted by molar-refractivity contribution is 9.10. The maximum Gasteiger partial charge on any atom is 0.153 e. The molecular weight excluding hydrogens is 339 g/mol. The van der Waals surface area contributed by atoms with Gasteiger partial charge in [0, 0.05) is 24.2 Å². The molecule has 5 nitrogen and oxygen atoms in total. The number of hydrogen-bond donors (Lipinski definition) is 0. The summed E-state index contributed by atoms with van der Waals surface area (Å²) in [6.07, 6.45) is 6.50. The number of aromatic nitrogens is 4. The molecule has 0 saturated carbocycles. The lowest BCUT2D eigenvalue weighted by atomic mass is 10.1. The van der Waals surface area contributed by atoms with Gasteiger partial charge in [-0.1, -0.05) is 0 Å².